The maximum absolute atomic E-state index is 13.7. The second-order valence-electron chi connectivity index (χ2n) is 4.23. The zero-order chi connectivity index (χ0) is 15.8. The topological polar surface area (TPSA) is 9.23 Å². The molecule has 0 N–H and O–H groups in total. The summed E-state index contributed by atoms with van der Waals surface area (Å²) in [6.07, 6.45) is -4.83. The summed E-state index contributed by atoms with van der Waals surface area (Å²) >= 11 is 3.22. The van der Waals surface area contributed by atoms with E-state index in [1.165, 1.54) is 6.07 Å². The van der Waals surface area contributed by atoms with Crippen molar-refractivity contribution in [3.05, 3.63) is 57.6 Å². The van der Waals surface area contributed by atoms with E-state index in [0.717, 1.165) is 0 Å². The Kier molecular flexibility index (Phi) is 4.22. The third-order valence-corrected chi connectivity index (χ3v) is 3.61. The van der Waals surface area contributed by atoms with Crippen LogP contribution in [0.1, 0.15) is 11.1 Å². The molecule has 0 saturated carbocycles. The molecule has 0 aromatic heterocycles. The molecule has 2 aromatic rings. The predicted octanol–water partition coefficient (Wildman–Crippen LogP) is 5.85. The number of ether oxygens (including phenoxy) is 1. The van der Waals surface area contributed by atoms with E-state index in [2.05, 4.69) is 15.9 Å². The number of alkyl halides is 3. The Balaban J connectivity index is 2.44. The lowest BCUT2D eigenvalue weighted by atomic mass is 10.2. The van der Waals surface area contributed by atoms with Crippen molar-refractivity contribution in [1.29, 1.82) is 0 Å². The molecular weight excluding hydrogens is 359 g/mol. The van der Waals surface area contributed by atoms with Crippen LogP contribution in [0.4, 0.5) is 22.0 Å². The number of hydrogen-bond donors (Lipinski definition) is 0. The monoisotopic (exact) mass is 366 g/mol. The number of benzene rings is 2. The summed E-state index contributed by atoms with van der Waals surface area (Å²) in [5.41, 5.74) is -0.841. The Bertz CT molecular complexity index is 659. The zero-order valence-corrected chi connectivity index (χ0v) is 12.1. The SMILES string of the molecule is Cc1c(Br)cccc1Oc1c(F)cc(C(F)(F)F)cc1F. The van der Waals surface area contributed by atoms with Gasteiger partial charge < -0.3 is 4.74 Å². The maximum Gasteiger partial charge on any atom is 0.416 e. The van der Waals surface area contributed by atoms with Crippen LogP contribution >= 0.6 is 15.9 Å². The van der Waals surface area contributed by atoms with Gasteiger partial charge in [0, 0.05) is 10.0 Å². The molecule has 0 aliphatic carbocycles. The summed E-state index contributed by atoms with van der Waals surface area (Å²) in [4.78, 5) is 0. The first-order valence-corrected chi connectivity index (χ1v) is 6.48. The van der Waals surface area contributed by atoms with Crippen molar-refractivity contribution >= 4 is 15.9 Å². The van der Waals surface area contributed by atoms with E-state index in [1.54, 1.807) is 19.1 Å². The summed E-state index contributed by atoms with van der Waals surface area (Å²) < 4.78 is 70.4. The van der Waals surface area contributed by atoms with Gasteiger partial charge >= 0.3 is 6.18 Å². The van der Waals surface area contributed by atoms with Crippen LogP contribution in [0, 0.1) is 18.6 Å². The van der Waals surface area contributed by atoms with Gasteiger partial charge in [-0.15, -0.1) is 0 Å². The molecule has 21 heavy (non-hydrogen) atoms. The fourth-order valence-corrected chi connectivity index (χ4v) is 1.98. The normalized spacial score (nSPS) is 11.6. The minimum atomic E-state index is -4.83. The van der Waals surface area contributed by atoms with E-state index >= 15 is 0 Å². The number of hydrogen-bond acceptors (Lipinski definition) is 1. The summed E-state index contributed by atoms with van der Waals surface area (Å²) in [6.45, 7) is 1.64. The molecule has 0 aliphatic rings. The Morgan fingerprint density at radius 2 is 1.62 bits per heavy atom. The third kappa shape index (κ3) is 3.34. The van der Waals surface area contributed by atoms with Gasteiger partial charge in [0.2, 0.25) is 0 Å². The van der Waals surface area contributed by atoms with Crippen molar-refractivity contribution in [2.75, 3.05) is 0 Å². The molecule has 0 saturated heterocycles. The highest BCUT2D eigenvalue weighted by Gasteiger charge is 2.33. The molecule has 7 heteroatoms. The van der Waals surface area contributed by atoms with E-state index < -0.39 is 29.1 Å². The van der Waals surface area contributed by atoms with Gasteiger partial charge in [0.15, 0.2) is 17.4 Å². The van der Waals surface area contributed by atoms with E-state index in [4.69, 9.17) is 4.74 Å². The lowest BCUT2D eigenvalue weighted by molar-refractivity contribution is -0.138. The van der Waals surface area contributed by atoms with Gasteiger partial charge in [0.05, 0.1) is 5.56 Å². The zero-order valence-electron chi connectivity index (χ0n) is 10.6. The molecule has 2 aromatic carbocycles. The van der Waals surface area contributed by atoms with Gasteiger partial charge in [0.1, 0.15) is 5.75 Å². The first-order chi connectivity index (χ1) is 9.70. The number of rotatable bonds is 2. The summed E-state index contributed by atoms with van der Waals surface area (Å²) in [5.74, 6) is -3.56. The van der Waals surface area contributed by atoms with Gasteiger partial charge in [-0.3, -0.25) is 0 Å². The van der Waals surface area contributed by atoms with Gasteiger partial charge in [-0.2, -0.15) is 13.2 Å². The molecule has 0 atom stereocenters. The van der Waals surface area contributed by atoms with E-state index in [0.29, 0.717) is 10.0 Å². The smallest absolute Gasteiger partial charge is 0.416 e. The number of halogens is 6. The standard InChI is InChI=1S/C14H8BrF5O/c1-7-9(15)3-2-4-12(7)21-13-10(16)5-8(6-11(13)17)14(18,19)20/h2-6H,1H3. The molecule has 0 amide bonds. The molecule has 0 fully saturated rings. The van der Waals surface area contributed by atoms with Crippen LogP contribution < -0.4 is 4.74 Å². The molecule has 1 nitrogen and oxygen atoms in total. The molecule has 0 unspecified atom stereocenters. The molecule has 0 radical (unpaired) electrons. The minimum Gasteiger partial charge on any atom is -0.451 e. The van der Waals surface area contributed by atoms with Crippen molar-refractivity contribution < 1.29 is 26.7 Å². The lowest BCUT2D eigenvalue weighted by Crippen LogP contribution is -2.07. The van der Waals surface area contributed by atoms with Gasteiger partial charge in [-0.1, -0.05) is 22.0 Å². The van der Waals surface area contributed by atoms with Crippen molar-refractivity contribution in [1.82, 2.24) is 0 Å². The average Bonchev–Trinajstić information content (AvgIpc) is 2.37. The molecular formula is C14H8BrF5O. The van der Waals surface area contributed by atoms with Crippen LogP contribution in [-0.2, 0) is 6.18 Å². The molecule has 0 bridgehead atoms. The largest absolute Gasteiger partial charge is 0.451 e. The first kappa shape index (κ1) is 15.8. The molecule has 0 heterocycles. The van der Waals surface area contributed by atoms with Crippen LogP contribution in [0.3, 0.4) is 0 Å². The highest BCUT2D eigenvalue weighted by molar-refractivity contribution is 9.10. The lowest BCUT2D eigenvalue weighted by Gasteiger charge is -2.13. The summed E-state index contributed by atoms with van der Waals surface area (Å²) in [5, 5.41) is 0. The molecule has 0 aliphatic heterocycles. The van der Waals surface area contributed by atoms with Gasteiger partial charge in [-0.05, 0) is 31.2 Å². The van der Waals surface area contributed by atoms with Crippen LogP contribution in [0.15, 0.2) is 34.8 Å². The van der Waals surface area contributed by atoms with Crippen LogP contribution in [-0.4, -0.2) is 0 Å². The maximum atomic E-state index is 13.7. The fourth-order valence-electron chi connectivity index (χ4n) is 1.63. The van der Waals surface area contributed by atoms with Gasteiger partial charge in [-0.25, -0.2) is 8.78 Å². The average molecular weight is 367 g/mol. The Hall–Kier alpha value is -1.63. The summed E-state index contributed by atoms with van der Waals surface area (Å²) in [7, 11) is 0. The predicted molar refractivity (Wildman–Crippen MR) is 70.3 cm³/mol. The Morgan fingerprint density at radius 1 is 1.05 bits per heavy atom. The van der Waals surface area contributed by atoms with E-state index in [9.17, 15) is 22.0 Å². The van der Waals surface area contributed by atoms with Crippen LogP contribution in [0.5, 0.6) is 11.5 Å². The molecule has 0 spiro atoms. The molecule has 112 valence electrons. The van der Waals surface area contributed by atoms with Crippen LogP contribution in [0.2, 0.25) is 0 Å². The third-order valence-electron chi connectivity index (χ3n) is 2.76. The summed E-state index contributed by atoms with van der Waals surface area (Å²) in [6, 6.07) is 5.13. The first-order valence-electron chi connectivity index (χ1n) is 5.69. The fraction of sp³-hybridized carbons (Fsp3) is 0.143. The quantitative estimate of drug-likeness (QED) is 0.606. The Labute approximate surface area is 125 Å². The van der Waals surface area contributed by atoms with E-state index in [-0.39, 0.29) is 17.9 Å². The van der Waals surface area contributed by atoms with Crippen molar-refractivity contribution in [2.24, 2.45) is 0 Å². The highest BCUT2D eigenvalue weighted by atomic mass is 79.9. The second kappa shape index (κ2) is 5.63. The van der Waals surface area contributed by atoms with Crippen molar-refractivity contribution in [2.45, 2.75) is 13.1 Å². The van der Waals surface area contributed by atoms with E-state index in [1.807, 2.05) is 0 Å². The molecule has 2 rings (SSSR count). The van der Waals surface area contributed by atoms with Gasteiger partial charge in [0.25, 0.3) is 0 Å². The minimum absolute atomic E-state index is 0.141. The Morgan fingerprint density at radius 3 is 2.14 bits per heavy atom. The highest BCUT2D eigenvalue weighted by Crippen LogP contribution is 2.37. The van der Waals surface area contributed by atoms with Crippen LogP contribution in [0.25, 0.3) is 0 Å². The van der Waals surface area contributed by atoms with Crippen molar-refractivity contribution in [3.8, 4) is 11.5 Å². The van der Waals surface area contributed by atoms with Crippen molar-refractivity contribution in [3.63, 3.8) is 0 Å². The second-order valence-corrected chi connectivity index (χ2v) is 5.09.